The fraction of sp³-hybridized carbons (Fsp3) is 0.167. The van der Waals surface area contributed by atoms with Crippen LogP contribution in [0, 0.1) is 6.92 Å². The molecule has 55 heavy (non-hydrogen) atoms. The highest BCUT2D eigenvalue weighted by molar-refractivity contribution is 8.00. The van der Waals surface area contributed by atoms with E-state index in [1.807, 2.05) is 19.1 Å². The molecule has 1 aromatic heterocycles. The van der Waals surface area contributed by atoms with Gasteiger partial charge in [0.25, 0.3) is 17.7 Å². The highest BCUT2D eigenvalue weighted by Gasteiger charge is 2.29. The molecule has 1 heterocycles. The Morgan fingerprint density at radius 1 is 0.782 bits per heavy atom. The van der Waals surface area contributed by atoms with Gasteiger partial charge in [0, 0.05) is 27.4 Å². The molecule has 4 N–H and O–H groups in total. The normalized spacial score (nSPS) is 11.5. The minimum absolute atomic E-state index is 0.0114. The van der Waals surface area contributed by atoms with Crippen molar-refractivity contribution in [1.29, 1.82) is 0 Å². The van der Waals surface area contributed by atoms with Crippen LogP contribution in [0.4, 0.5) is 16.4 Å². The molecule has 1 unspecified atom stereocenters. The Balaban J connectivity index is 1.34. The lowest BCUT2D eigenvalue weighted by Crippen LogP contribution is -2.30. The zero-order valence-electron chi connectivity index (χ0n) is 30.6. The van der Waals surface area contributed by atoms with Gasteiger partial charge in [-0.15, -0.1) is 23.1 Å². The van der Waals surface area contributed by atoms with Gasteiger partial charge in [0.1, 0.15) is 16.4 Å². The van der Waals surface area contributed by atoms with Crippen LogP contribution in [-0.4, -0.2) is 48.6 Å². The van der Waals surface area contributed by atoms with E-state index < -0.39 is 28.9 Å². The number of thiophene rings is 1. The van der Waals surface area contributed by atoms with Gasteiger partial charge < -0.3 is 30.7 Å². The third kappa shape index (κ3) is 10.5. The predicted octanol–water partition coefficient (Wildman–Crippen LogP) is 8.41. The second-order valence-electron chi connectivity index (χ2n) is 11.9. The summed E-state index contributed by atoms with van der Waals surface area (Å²) in [6.45, 7) is 5.30. The highest BCUT2D eigenvalue weighted by atomic mass is 32.2. The van der Waals surface area contributed by atoms with Gasteiger partial charge in [-0.05, 0) is 80.4 Å². The summed E-state index contributed by atoms with van der Waals surface area (Å²) in [5.41, 5.74) is 2.49. The molecule has 0 aliphatic heterocycles. The van der Waals surface area contributed by atoms with Crippen LogP contribution in [0.2, 0.25) is 0 Å². The molecular weight excluding hydrogens is 737 g/mol. The van der Waals surface area contributed by atoms with E-state index in [2.05, 4.69) is 21.3 Å². The number of carbonyl (C=O) groups excluding carboxylic acids is 5. The molecule has 11 nitrogen and oxygen atoms in total. The lowest BCUT2D eigenvalue weighted by molar-refractivity contribution is -0.116. The second kappa shape index (κ2) is 19.2. The summed E-state index contributed by atoms with van der Waals surface area (Å²) in [7, 11) is 1.52. The van der Waals surface area contributed by atoms with Crippen molar-refractivity contribution in [3.05, 3.63) is 142 Å². The van der Waals surface area contributed by atoms with Crippen LogP contribution in [0.3, 0.4) is 0 Å². The summed E-state index contributed by atoms with van der Waals surface area (Å²) >= 11 is 2.27. The quantitative estimate of drug-likeness (QED) is 0.0470. The molecule has 0 saturated heterocycles. The first-order chi connectivity index (χ1) is 26.6. The van der Waals surface area contributed by atoms with Crippen molar-refractivity contribution in [3.63, 3.8) is 0 Å². The van der Waals surface area contributed by atoms with E-state index in [1.54, 1.807) is 117 Å². The van der Waals surface area contributed by atoms with Crippen LogP contribution in [-0.2, 0) is 14.3 Å². The summed E-state index contributed by atoms with van der Waals surface area (Å²) < 4.78 is 10.7. The number of rotatable bonds is 15. The van der Waals surface area contributed by atoms with Crippen molar-refractivity contribution < 1.29 is 33.4 Å². The van der Waals surface area contributed by atoms with E-state index in [9.17, 15) is 24.0 Å². The van der Waals surface area contributed by atoms with Crippen LogP contribution in [0.25, 0.3) is 6.08 Å². The van der Waals surface area contributed by atoms with E-state index >= 15 is 0 Å². The molecule has 5 rings (SSSR count). The molecule has 0 radical (unpaired) electrons. The largest absolute Gasteiger partial charge is 0.496 e. The first-order valence-corrected chi connectivity index (χ1v) is 19.1. The molecule has 1 atom stereocenters. The van der Waals surface area contributed by atoms with Gasteiger partial charge in [-0.1, -0.05) is 67.6 Å². The minimum atomic E-state index is -0.645. The lowest BCUT2D eigenvalue weighted by Gasteiger charge is -2.16. The van der Waals surface area contributed by atoms with Crippen LogP contribution in [0.5, 0.6) is 5.75 Å². The van der Waals surface area contributed by atoms with Crippen molar-refractivity contribution >= 4 is 75.1 Å². The summed E-state index contributed by atoms with van der Waals surface area (Å²) in [5, 5.41) is 10.9. The number of hydrogen-bond acceptors (Lipinski definition) is 9. The third-order valence-electron chi connectivity index (χ3n) is 8.10. The van der Waals surface area contributed by atoms with Gasteiger partial charge in [0.2, 0.25) is 5.91 Å². The van der Waals surface area contributed by atoms with Crippen LogP contribution in [0.1, 0.15) is 61.8 Å². The van der Waals surface area contributed by atoms with Crippen LogP contribution in [0.15, 0.2) is 120 Å². The number of nitrogens with one attached hydrogen (secondary N) is 4. The molecule has 282 valence electrons. The summed E-state index contributed by atoms with van der Waals surface area (Å²) in [6.07, 6.45) is 1.96. The average Bonchev–Trinajstić information content (AvgIpc) is 3.52. The molecule has 0 bridgehead atoms. The molecular formula is C42H40N4O7S2. The van der Waals surface area contributed by atoms with Gasteiger partial charge in [-0.3, -0.25) is 19.2 Å². The lowest BCUT2D eigenvalue weighted by atomic mass is 10.1. The monoisotopic (exact) mass is 776 g/mol. The highest BCUT2D eigenvalue weighted by Crippen LogP contribution is 2.36. The zero-order valence-corrected chi connectivity index (χ0v) is 32.3. The maximum atomic E-state index is 13.8. The Kier molecular flexibility index (Phi) is 14.0. The molecule has 0 saturated carbocycles. The van der Waals surface area contributed by atoms with Crippen LogP contribution >= 0.6 is 23.1 Å². The number of benzene rings is 4. The first-order valence-electron chi connectivity index (χ1n) is 17.4. The van der Waals surface area contributed by atoms with E-state index in [4.69, 9.17) is 9.47 Å². The van der Waals surface area contributed by atoms with E-state index in [0.717, 1.165) is 11.3 Å². The number of amides is 4. The average molecular weight is 777 g/mol. The fourth-order valence-corrected chi connectivity index (χ4v) is 7.49. The van der Waals surface area contributed by atoms with Crippen molar-refractivity contribution in [2.24, 2.45) is 0 Å². The summed E-state index contributed by atoms with van der Waals surface area (Å²) in [4.78, 5) is 67.9. The molecule has 0 aliphatic carbocycles. The SMILES string of the molecule is CCOC(=O)c1c(NC(=O)C(CC)Sc2cccc(NC(=O)/C(=C\c3ccccc3OC)NC(=O)c3ccccc3)c2)sc(C(=O)Nc2ccccc2)c1C. The van der Waals surface area contributed by atoms with Gasteiger partial charge >= 0.3 is 5.97 Å². The van der Waals surface area contributed by atoms with Gasteiger partial charge in [0.15, 0.2) is 0 Å². The first kappa shape index (κ1) is 40.0. The van der Waals surface area contributed by atoms with Crippen molar-refractivity contribution in [2.45, 2.75) is 37.3 Å². The third-order valence-corrected chi connectivity index (χ3v) is 10.7. The van der Waals surface area contributed by atoms with Crippen molar-refractivity contribution in [2.75, 3.05) is 29.7 Å². The molecule has 0 spiro atoms. The fourth-order valence-electron chi connectivity index (χ4n) is 5.38. The molecule has 4 aromatic carbocycles. The predicted molar refractivity (Wildman–Crippen MR) is 218 cm³/mol. The maximum Gasteiger partial charge on any atom is 0.341 e. The van der Waals surface area contributed by atoms with Crippen molar-refractivity contribution in [1.82, 2.24) is 5.32 Å². The number of thioether (sulfide) groups is 1. The minimum Gasteiger partial charge on any atom is -0.496 e. The topological polar surface area (TPSA) is 152 Å². The van der Waals surface area contributed by atoms with E-state index in [0.29, 0.717) is 45.1 Å². The Morgan fingerprint density at radius 3 is 2.15 bits per heavy atom. The van der Waals surface area contributed by atoms with Crippen molar-refractivity contribution in [3.8, 4) is 5.75 Å². The number of anilines is 3. The smallest absolute Gasteiger partial charge is 0.341 e. The van der Waals surface area contributed by atoms with Crippen LogP contribution < -0.4 is 26.0 Å². The van der Waals surface area contributed by atoms with Gasteiger partial charge in [-0.2, -0.15) is 0 Å². The Bertz CT molecular complexity index is 2200. The molecule has 0 fully saturated rings. The molecule has 4 amide bonds. The van der Waals surface area contributed by atoms with Gasteiger partial charge in [0.05, 0.1) is 29.4 Å². The molecule has 5 aromatic rings. The number of carbonyl (C=O) groups is 5. The number of esters is 1. The van der Waals surface area contributed by atoms with E-state index in [-0.39, 0.29) is 33.7 Å². The summed E-state index contributed by atoms with van der Waals surface area (Å²) in [5.74, 6) is -1.96. The number of para-hydroxylation sites is 2. The van der Waals surface area contributed by atoms with E-state index in [1.165, 1.54) is 18.9 Å². The zero-order chi connectivity index (χ0) is 39.3. The summed E-state index contributed by atoms with van der Waals surface area (Å²) in [6, 6.07) is 31.6. The number of ether oxygens (including phenoxy) is 2. The van der Waals surface area contributed by atoms with Gasteiger partial charge in [-0.25, -0.2) is 4.79 Å². The number of hydrogen-bond donors (Lipinski definition) is 4. The maximum absolute atomic E-state index is 13.8. The Hall–Kier alpha value is -6.18. The molecule has 0 aliphatic rings. The molecule has 13 heteroatoms. The number of methoxy groups -OCH3 is 1. The second-order valence-corrected chi connectivity index (χ2v) is 14.2. The Labute approximate surface area is 327 Å². The Morgan fingerprint density at radius 2 is 1.45 bits per heavy atom. The standard InChI is InChI=1S/C42H40N4O7S2/c1-5-34(39(49)46-41-35(42(51)53-6-2)26(3)36(55-41)40(50)43-29-19-11-8-12-20-29)54-31-22-15-21-30(25-31)44-38(48)32(24-28-18-13-14-23-33(28)52-4)45-37(47)27-16-9-7-10-17-27/h7-25,34H,5-6H2,1-4H3,(H,43,50)(H,44,48)(H,45,47)(H,46,49)/b32-24+.